The molecule has 0 saturated heterocycles. The highest BCUT2D eigenvalue weighted by Gasteiger charge is 2.06. The van der Waals surface area contributed by atoms with Gasteiger partial charge in [-0.3, -0.25) is 4.79 Å². The molecular weight excluding hydrogens is 190 g/mol. The predicted molar refractivity (Wildman–Crippen MR) is 59.7 cm³/mol. The van der Waals surface area contributed by atoms with E-state index in [1.165, 1.54) is 6.92 Å². The standard InChI is InChI=1S/C12H11NO2/c1-8(14)15-11-7-6-9-4-2-3-5-10(9)12(11)13/h2-7H,13H2,1H3. The number of carbonyl (C=O) groups excluding carboxylic acids is 1. The van der Waals surface area contributed by atoms with Crippen molar-refractivity contribution in [3.8, 4) is 5.75 Å². The third-order valence-electron chi connectivity index (χ3n) is 2.18. The molecule has 76 valence electrons. The number of nitrogen functional groups attached to an aromatic ring is 1. The number of benzene rings is 2. The van der Waals surface area contributed by atoms with Crippen molar-refractivity contribution in [2.45, 2.75) is 6.92 Å². The van der Waals surface area contributed by atoms with Gasteiger partial charge < -0.3 is 10.5 Å². The molecule has 3 nitrogen and oxygen atoms in total. The van der Waals surface area contributed by atoms with E-state index in [9.17, 15) is 4.79 Å². The Labute approximate surface area is 87.5 Å². The van der Waals surface area contributed by atoms with Gasteiger partial charge in [-0.05, 0) is 11.5 Å². The summed E-state index contributed by atoms with van der Waals surface area (Å²) in [5, 5.41) is 1.93. The molecule has 2 N–H and O–H groups in total. The molecule has 0 bridgehead atoms. The normalized spacial score (nSPS) is 10.2. The first-order chi connectivity index (χ1) is 7.18. The Morgan fingerprint density at radius 1 is 1.20 bits per heavy atom. The summed E-state index contributed by atoms with van der Waals surface area (Å²) in [7, 11) is 0. The van der Waals surface area contributed by atoms with Gasteiger partial charge in [0.2, 0.25) is 0 Å². The van der Waals surface area contributed by atoms with Crippen molar-refractivity contribution in [2.75, 3.05) is 5.73 Å². The van der Waals surface area contributed by atoms with Crippen LogP contribution in [0.3, 0.4) is 0 Å². The summed E-state index contributed by atoms with van der Waals surface area (Å²) in [6.45, 7) is 1.36. The van der Waals surface area contributed by atoms with Crippen LogP contribution >= 0.6 is 0 Å². The van der Waals surface area contributed by atoms with Gasteiger partial charge in [-0.2, -0.15) is 0 Å². The first-order valence-corrected chi connectivity index (χ1v) is 4.64. The zero-order valence-electron chi connectivity index (χ0n) is 8.36. The predicted octanol–water partition coefficient (Wildman–Crippen LogP) is 2.35. The lowest BCUT2D eigenvalue weighted by atomic mass is 10.1. The largest absolute Gasteiger partial charge is 0.424 e. The number of hydrogen-bond donors (Lipinski definition) is 1. The molecule has 0 unspecified atom stereocenters. The van der Waals surface area contributed by atoms with E-state index in [1.807, 2.05) is 30.3 Å². The van der Waals surface area contributed by atoms with Crippen LogP contribution in [0.15, 0.2) is 36.4 Å². The maximum atomic E-state index is 10.8. The zero-order chi connectivity index (χ0) is 10.8. The maximum Gasteiger partial charge on any atom is 0.308 e. The fourth-order valence-electron chi connectivity index (χ4n) is 1.52. The van der Waals surface area contributed by atoms with Gasteiger partial charge >= 0.3 is 5.97 Å². The highest BCUT2D eigenvalue weighted by Crippen LogP contribution is 2.30. The zero-order valence-corrected chi connectivity index (χ0v) is 8.36. The minimum atomic E-state index is -0.364. The van der Waals surface area contributed by atoms with Crippen LogP contribution in [0, 0.1) is 0 Å². The molecule has 0 radical (unpaired) electrons. The van der Waals surface area contributed by atoms with Gasteiger partial charge in [-0.1, -0.05) is 30.3 Å². The number of anilines is 1. The van der Waals surface area contributed by atoms with E-state index in [-0.39, 0.29) is 5.97 Å². The van der Waals surface area contributed by atoms with Crippen LogP contribution < -0.4 is 10.5 Å². The highest BCUT2D eigenvalue weighted by atomic mass is 16.5. The average molecular weight is 201 g/mol. The molecule has 0 aromatic heterocycles. The van der Waals surface area contributed by atoms with Crippen molar-refractivity contribution < 1.29 is 9.53 Å². The highest BCUT2D eigenvalue weighted by molar-refractivity contribution is 5.96. The lowest BCUT2D eigenvalue weighted by Crippen LogP contribution is -2.04. The van der Waals surface area contributed by atoms with E-state index in [0.717, 1.165) is 10.8 Å². The van der Waals surface area contributed by atoms with E-state index in [4.69, 9.17) is 10.5 Å². The third-order valence-corrected chi connectivity index (χ3v) is 2.18. The fraction of sp³-hybridized carbons (Fsp3) is 0.0833. The number of nitrogens with two attached hydrogens (primary N) is 1. The van der Waals surface area contributed by atoms with Crippen LogP contribution in [0.5, 0.6) is 5.75 Å². The van der Waals surface area contributed by atoms with Crippen molar-refractivity contribution in [2.24, 2.45) is 0 Å². The minimum absolute atomic E-state index is 0.364. The van der Waals surface area contributed by atoms with Gasteiger partial charge in [-0.25, -0.2) is 0 Å². The van der Waals surface area contributed by atoms with Gasteiger partial charge in [0.05, 0.1) is 5.69 Å². The molecule has 0 atom stereocenters. The second kappa shape index (κ2) is 3.61. The van der Waals surface area contributed by atoms with Crippen LogP contribution in [-0.4, -0.2) is 5.97 Å². The SMILES string of the molecule is CC(=O)Oc1ccc2ccccc2c1N. The number of fused-ring (bicyclic) bond motifs is 1. The van der Waals surface area contributed by atoms with Crippen LogP contribution in [-0.2, 0) is 4.79 Å². The van der Waals surface area contributed by atoms with Crippen molar-refractivity contribution in [3.63, 3.8) is 0 Å². The van der Waals surface area contributed by atoms with E-state index < -0.39 is 0 Å². The Balaban J connectivity index is 2.59. The lowest BCUT2D eigenvalue weighted by molar-refractivity contribution is -0.131. The molecule has 0 heterocycles. The summed E-state index contributed by atoms with van der Waals surface area (Å²) < 4.78 is 4.99. The second-order valence-electron chi connectivity index (χ2n) is 3.29. The second-order valence-corrected chi connectivity index (χ2v) is 3.29. The van der Waals surface area contributed by atoms with Crippen molar-refractivity contribution >= 4 is 22.4 Å². The summed E-state index contributed by atoms with van der Waals surface area (Å²) in [4.78, 5) is 10.8. The Kier molecular flexibility index (Phi) is 2.29. The molecule has 0 aliphatic rings. The monoisotopic (exact) mass is 201 g/mol. The Hall–Kier alpha value is -2.03. The number of ether oxygens (including phenoxy) is 1. The Bertz CT molecular complexity index is 520. The Morgan fingerprint density at radius 2 is 1.93 bits per heavy atom. The fourth-order valence-corrected chi connectivity index (χ4v) is 1.52. The summed E-state index contributed by atoms with van der Waals surface area (Å²) in [5.41, 5.74) is 6.39. The minimum Gasteiger partial charge on any atom is -0.424 e. The van der Waals surface area contributed by atoms with Gasteiger partial charge in [0.1, 0.15) is 0 Å². The summed E-state index contributed by atoms with van der Waals surface area (Å²) >= 11 is 0. The molecule has 15 heavy (non-hydrogen) atoms. The number of esters is 1. The number of carbonyl (C=O) groups is 1. The van der Waals surface area contributed by atoms with Crippen molar-refractivity contribution in [3.05, 3.63) is 36.4 Å². The molecule has 0 saturated carbocycles. The van der Waals surface area contributed by atoms with Gasteiger partial charge in [-0.15, -0.1) is 0 Å². The molecule has 2 aromatic carbocycles. The molecule has 0 aliphatic carbocycles. The molecule has 3 heteroatoms. The Morgan fingerprint density at radius 3 is 2.67 bits per heavy atom. The first-order valence-electron chi connectivity index (χ1n) is 4.64. The van der Waals surface area contributed by atoms with E-state index >= 15 is 0 Å². The van der Waals surface area contributed by atoms with Gasteiger partial charge in [0.25, 0.3) is 0 Å². The summed E-state index contributed by atoms with van der Waals surface area (Å²) in [6, 6.07) is 11.3. The molecule has 0 fully saturated rings. The van der Waals surface area contributed by atoms with Crippen LogP contribution in [0.1, 0.15) is 6.92 Å². The van der Waals surface area contributed by atoms with Crippen molar-refractivity contribution in [1.82, 2.24) is 0 Å². The van der Waals surface area contributed by atoms with Gasteiger partial charge in [0, 0.05) is 12.3 Å². The third kappa shape index (κ3) is 1.76. The van der Waals surface area contributed by atoms with Crippen LogP contribution in [0.2, 0.25) is 0 Å². The average Bonchev–Trinajstić information content (AvgIpc) is 2.22. The van der Waals surface area contributed by atoms with Crippen LogP contribution in [0.4, 0.5) is 5.69 Å². The quantitative estimate of drug-likeness (QED) is 0.437. The topological polar surface area (TPSA) is 52.3 Å². The summed E-state index contributed by atoms with van der Waals surface area (Å²) in [5.74, 6) is 0.0539. The number of rotatable bonds is 1. The number of hydrogen-bond acceptors (Lipinski definition) is 3. The van der Waals surface area contributed by atoms with E-state index in [2.05, 4.69) is 0 Å². The smallest absolute Gasteiger partial charge is 0.308 e. The van der Waals surface area contributed by atoms with Gasteiger partial charge in [0.15, 0.2) is 5.75 Å². The first kappa shape index (κ1) is 9.52. The maximum absolute atomic E-state index is 10.8. The van der Waals surface area contributed by atoms with Crippen molar-refractivity contribution in [1.29, 1.82) is 0 Å². The molecule has 2 rings (SSSR count). The lowest BCUT2D eigenvalue weighted by Gasteiger charge is -2.07. The summed E-state index contributed by atoms with van der Waals surface area (Å²) in [6.07, 6.45) is 0. The molecule has 0 spiro atoms. The van der Waals surface area contributed by atoms with Crippen LogP contribution in [0.25, 0.3) is 10.8 Å². The molecular formula is C12H11NO2. The van der Waals surface area contributed by atoms with E-state index in [1.54, 1.807) is 6.07 Å². The molecule has 0 aliphatic heterocycles. The van der Waals surface area contributed by atoms with E-state index in [0.29, 0.717) is 11.4 Å². The molecule has 2 aromatic rings. The molecule has 0 amide bonds.